The lowest BCUT2D eigenvalue weighted by atomic mass is 10.1. The fraction of sp³-hybridized carbons (Fsp3) is 0.292. The quantitative estimate of drug-likeness (QED) is 0.251. The summed E-state index contributed by atoms with van der Waals surface area (Å²) in [5.74, 6) is 1.56. The molecule has 172 valence electrons. The van der Waals surface area contributed by atoms with Crippen LogP contribution < -0.4 is 15.4 Å². The number of halogens is 1. The molecule has 0 amide bonds. The molecule has 0 aliphatic rings. The molecule has 0 heterocycles. The molecule has 0 aliphatic heterocycles. The summed E-state index contributed by atoms with van der Waals surface area (Å²) in [5.41, 5.74) is 2.85. The summed E-state index contributed by atoms with van der Waals surface area (Å²) in [5, 5.41) is 8.91. The fourth-order valence-electron chi connectivity index (χ4n) is 3.43. The van der Waals surface area contributed by atoms with E-state index in [-0.39, 0.29) is 24.0 Å². The van der Waals surface area contributed by atoms with Crippen LogP contribution in [0.3, 0.4) is 0 Å². The largest absolute Gasteiger partial charge is 0.497 e. The lowest BCUT2D eigenvalue weighted by molar-refractivity contribution is 0.415. The minimum atomic E-state index is -3.22. The van der Waals surface area contributed by atoms with Gasteiger partial charge in [-0.15, -0.1) is 24.0 Å². The average molecular weight is 567 g/mol. The highest BCUT2D eigenvalue weighted by Gasteiger charge is 2.10. The fourth-order valence-corrected chi connectivity index (χ4v) is 4.39. The van der Waals surface area contributed by atoms with Gasteiger partial charge in [0.2, 0.25) is 0 Å². The number of nitrogens with zero attached hydrogens (tertiary/aromatic N) is 1. The first-order valence-corrected chi connectivity index (χ1v) is 12.1. The van der Waals surface area contributed by atoms with Gasteiger partial charge in [0.25, 0.3) is 0 Å². The summed E-state index contributed by atoms with van der Waals surface area (Å²) in [4.78, 5) is 5.01. The Hall–Kier alpha value is -2.33. The molecule has 8 heteroatoms. The Kier molecular flexibility index (Phi) is 9.33. The minimum Gasteiger partial charge on any atom is -0.497 e. The van der Waals surface area contributed by atoms with Crippen LogP contribution in [0.1, 0.15) is 23.6 Å². The van der Waals surface area contributed by atoms with Gasteiger partial charge in [-0.2, -0.15) is 0 Å². The second kappa shape index (κ2) is 11.5. The molecular formula is C24H30IN3O3S. The third kappa shape index (κ3) is 6.83. The number of sulfone groups is 1. The van der Waals surface area contributed by atoms with E-state index in [9.17, 15) is 8.42 Å². The molecule has 0 unspecified atom stereocenters. The van der Waals surface area contributed by atoms with E-state index < -0.39 is 9.84 Å². The Morgan fingerprint density at radius 3 is 2.31 bits per heavy atom. The SMILES string of the molecule is CCNC(=NCc1ccc(S(C)(=O)=O)c(C)c1)NCc1ccc2cc(OC)ccc2c1.I. The average Bonchev–Trinajstić information content (AvgIpc) is 2.74. The first kappa shape index (κ1) is 25.9. The van der Waals surface area contributed by atoms with Crippen LogP contribution in [0.5, 0.6) is 5.75 Å². The second-order valence-electron chi connectivity index (χ2n) is 7.47. The number of nitrogens with one attached hydrogen (secondary N) is 2. The van der Waals surface area contributed by atoms with E-state index in [0.29, 0.717) is 23.9 Å². The summed E-state index contributed by atoms with van der Waals surface area (Å²) in [6.07, 6.45) is 1.23. The van der Waals surface area contributed by atoms with Crippen LogP contribution in [-0.4, -0.2) is 34.3 Å². The van der Waals surface area contributed by atoms with Gasteiger partial charge in [-0.1, -0.05) is 30.3 Å². The lowest BCUT2D eigenvalue weighted by Crippen LogP contribution is -2.36. The van der Waals surface area contributed by atoms with Crippen molar-refractivity contribution in [1.82, 2.24) is 10.6 Å². The van der Waals surface area contributed by atoms with Crippen LogP contribution in [0, 0.1) is 6.92 Å². The Balaban J connectivity index is 0.00000363. The van der Waals surface area contributed by atoms with E-state index in [1.54, 1.807) is 13.2 Å². The molecule has 0 aromatic heterocycles. The maximum Gasteiger partial charge on any atom is 0.191 e. The number of rotatable bonds is 7. The van der Waals surface area contributed by atoms with Crippen molar-refractivity contribution in [3.05, 3.63) is 71.3 Å². The zero-order chi connectivity index (χ0) is 22.4. The van der Waals surface area contributed by atoms with Crippen molar-refractivity contribution < 1.29 is 13.2 Å². The summed E-state index contributed by atoms with van der Waals surface area (Å²) < 4.78 is 28.9. The predicted molar refractivity (Wildman–Crippen MR) is 142 cm³/mol. The van der Waals surface area contributed by atoms with Crippen molar-refractivity contribution in [3.63, 3.8) is 0 Å². The molecule has 2 N–H and O–H groups in total. The molecule has 0 radical (unpaired) electrons. The zero-order valence-corrected chi connectivity index (χ0v) is 22.0. The highest BCUT2D eigenvalue weighted by atomic mass is 127. The van der Waals surface area contributed by atoms with Crippen molar-refractivity contribution >= 4 is 50.5 Å². The van der Waals surface area contributed by atoms with Crippen LogP contribution in [0.2, 0.25) is 0 Å². The number of benzene rings is 3. The molecule has 6 nitrogen and oxygen atoms in total. The molecule has 3 aromatic carbocycles. The molecule has 0 saturated carbocycles. The highest BCUT2D eigenvalue weighted by molar-refractivity contribution is 14.0. The number of fused-ring (bicyclic) bond motifs is 1. The van der Waals surface area contributed by atoms with E-state index in [0.717, 1.165) is 39.8 Å². The van der Waals surface area contributed by atoms with Gasteiger partial charge in [0.05, 0.1) is 18.6 Å². The van der Waals surface area contributed by atoms with E-state index in [1.807, 2.05) is 38.1 Å². The Labute approximate surface area is 207 Å². The van der Waals surface area contributed by atoms with Crippen LogP contribution in [0.15, 0.2) is 64.5 Å². The molecule has 0 saturated heterocycles. The first-order chi connectivity index (χ1) is 14.8. The highest BCUT2D eigenvalue weighted by Crippen LogP contribution is 2.22. The van der Waals surface area contributed by atoms with E-state index in [1.165, 1.54) is 6.26 Å². The van der Waals surface area contributed by atoms with Gasteiger partial charge in [-0.25, -0.2) is 13.4 Å². The van der Waals surface area contributed by atoms with E-state index >= 15 is 0 Å². The monoisotopic (exact) mass is 567 g/mol. The van der Waals surface area contributed by atoms with Gasteiger partial charge in [0.15, 0.2) is 15.8 Å². The first-order valence-electron chi connectivity index (χ1n) is 10.2. The van der Waals surface area contributed by atoms with Crippen LogP contribution in [0.4, 0.5) is 0 Å². The molecule has 0 aliphatic carbocycles. The van der Waals surface area contributed by atoms with Crippen LogP contribution in [-0.2, 0) is 22.9 Å². The number of hydrogen-bond donors (Lipinski definition) is 2. The zero-order valence-electron chi connectivity index (χ0n) is 18.8. The predicted octanol–water partition coefficient (Wildman–Crippen LogP) is 4.43. The molecule has 0 atom stereocenters. The third-order valence-corrected chi connectivity index (χ3v) is 6.23. The van der Waals surface area contributed by atoms with Crippen LogP contribution in [0.25, 0.3) is 10.8 Å². The Bertz CT molecular complexity index is 1210. The molecular weight excluding hydrogens is 537 g/mol. The number of aliphatic imine (C=N–C) groups is 1. The third-order valence-electron chi connectivity index (χ3n) is 4.97. The minimum absolute atomic E-state index is 0. The van der Waals surface area contributed by atoms with Gasteiger partial charge in [-0.3, -0.25) is 0 Å². The second-order valence-corrected chi connectivity index (χ2v) is 9.45. The molecule has 3 aromatic rings. The van der Waals surface area contributed by atoms with Crippen molar-refractivity contribution in [2.75, 3.05) is 19.9 Å². The smallest absolute Gasteiger partial charge is 0.191 e. The molecule has 0 fully saturated rings. The standard InChI is InChI=1S/C24H29N3O3S.HI/c1-5-25-24(26-15-18-7-11-23(17(2)12-18)31(4,28)29)27-16-19-6-8-21-14-22(30-3)10-9-20(21)13-19;/h6-14H,5,15-16H2,1-4H3,(H2,25,26,27);1H. The number of methoxy groups -OCH3 is 1. The van der Waals surface area contributed by atoms with Gasteiger partial charge in [0, 0.05) is 19.3 Å². The maximum absolute atomic E-state index is 11.8. The van der Waals surface area contributed by atoms with Gasteiger partial charge >= 0.3 is 0 Å². The summed E-state index contributed by atoms with van der Waals surface area (Å²) in [6, 6.07) is 17.7. The van der Waals surface area contributed by atoms with Crippen molar-refractivity contribution in [3.8, 4) is 5.75 Å². The molecule has 32 heavy (non-hydrogen) atoms. The van der Waals surface area contributed by atoms with Gasteiger partial charge in [-0.05, 0) is 65.6 Å². The number of aryl methyl sites for hydroxylation is 1. The number of hydrogen-bond acceptors (Lipinski definition) is 4. The molecule has 3 rings (SSSR count). The van der Waals surface area contributed by atoms with Gasteiger partial charge in [0.1, 0.15) is 5.75 Å². The molecule has 0 bridgehead atoms. The molecule has 0 spiro atoms. The topological polar surface area (TPSA) is 79.8 Å². The number of ether oxygens (including phenoxy) is 1. The normalized spacial score (nSPS) is 11.7. The van der Waals surface area contributed by atoms with Crippen molar-refractivity contribution in [2.45, 2.75) is 31.8 Å². The van der Waals surface area contributed by atoms with Crippen LogP contribution >= 0.6 is 24.0 Å². The van der Waals surface area contributed by atoms with E-state index in [2.05, 4.69) is 39.9 Å². The summed E-state index contributed by atoms with van der Waals surface area (Å²) >= 11 is 0. The summed E-state index contributed by atoms with van der Waals surface area (Å²) in [6.45, 7) is 5.67. The maximum atomic E-state index is 11.8. The Morgan fingerprint density at radius 2 is 1.66 bits per heavy atom. The van der Waals surface area contributed by atoms with Crippen molar-refractivity contribution in [1.29, 1.82) is 0 Å². The Morgan fingerprint density at radius 1 is 0.969 bits per heavy atom. The number of guanidine groups is 1. The van der Waals surface area contributed by atoms with E-state index in [4.69, 9.17) is 4.74 Å². The van der Waals surface area contributed by atoms with Crippen molar-refractivity contribution in [2.24, 2.45) is 4.99 Å². The lowest BCUT2D eigenvalue weighted by Gasteiger charge is -2.12. The summed E-state index contributed by atoms with van der Waals surface area (Å²) in [7, 11) is -1.55. The van der Waals surface area contributed by atoms with Gasteiger partial charge < -0.3 is 15.4 Å².